The van der Waals surface area contributed by atoms with Gasteiger partial charge in [-0.05, 0) is 30.9 Å². The summed E-state index contributed by atoms with van der Waals surface area (Å²) in [7, 11) is 0. The molecule has 3 heterocycles. The highest BCUT2D eigenvalue weighted by Gasteiger charge is 2.38. The highest BCUT2D eigenvalue weighted by Crippen LogP contribution is 2.50. The molecule has 1 atom stereocenters. The molecule has 0 bridgehead atoms. The molecule has 0 spiro atoms. The highest BCUT2D eigenvalue weighted by atomic mass is 35.5. The van der Waals surface area contributed by atoms with Crippen LogP contribution in [0.25, 0.3) is 11.3 Å². The number of pyridine rings is 1. The number of fused-ring (bicyclic) bond motifs is 3. The summed E-state index contributed by atoms with van der Waals surface area (Å²) in [6.07, 6.45) is 1.29. The van der Waals surface area contributed by atoms with Gasteiger partial charge in [0.25, 0.3) is 5.56 Å². The smallest absolute Gasteiger partial charge is 0.341 e. The van der Waals surface area contributed by atoms with Crippen molar-refractivity contribution in [1.29, 1.82) is 0 Å². The largest absolute Gasteiger partial charge is 0.491 e. The molecule has 1 aromatic heterocycles. The summed E-state index contributed by atoms with van der Waals surface area (Å²) in [5, 5.41) is 10.1. The van der Waals surface area contributed by atoms with Crippen LogP contribution >= 0.6 is 11.6 Å². The molecule has 3 aliphatic rings. The first-order chi connectivity index (χ1) is 15.2. The number of aromatic nitrogens is 1. The van der Waals surface area contributed by atoms with E-state index in [0.29, 0.717) is 53.2 Å². The molecular formula is C24H26ClNO6. The minimum atomic E-state index is -1.23. The third-order valence-corrected chi connectivity index (χ3v) is 6.63. The molecule has 2 aliphatic heterocycles. The van der Waals surface area contributed by atoms with E-state index in [2.05, 4.69) is 6.92 Å². The van der Waals surface area contributed by atoms with Gasteiger partial charge in [0.15, 0.2) is 0 Å². The molecule has 1 N–H and O–H groups in total. The number of aromatic carboxylic acids is 1. The predicted molar refractivity (Wildman–Crippen MR) is 119 cm³/mol. The van der Waals surface area contributed by atoms with E-state index >= 15 is 0 Å². The SMILES string of the molecule is CC(C)C1Oc2cc(OCC3(C)COC3)c(Cl)cc2-c2c1cc(C(=O)O)c(=O)n2C1CC1. The molecule has 2 aromatic rings. The first kappa shape index (κ1) is 21.3. The maximum absolute atomic E-state index is 13.1. The van der Waals surface area contributed by atoms with Gasteiger partial charge in [-0.15, -0.1) is 0 Å². The zero-order valence-corrected chi connectivity index (χ0v) is 19.1. The van der Waals surface area contributed by atoms with Crippen LogP contribution in [0, 0.1) is 11.3 Å². The number of hydrogen-bond donors (Lipinski definition) is 1. The number of benzene rings is 1. The Hall–Kier alpha value is -2.51. The summed E-state index contributed by atoms with van der Waals surface area (Å²) in [5.74, 6) is -0.0648. The number of carbonyl (C=O) groups is 1. The van der Waals surface area contributed by atoms with Crippen molar-refractivity contribution in [2.75, 3.05) is 19.8 Å². The Morgan fingerprint density at radius 1 is 1.31 bits per heavy atom. The van der Waals surface area contributed by atoms with Crippen LogP contribution in [-0.2, 0) is 4.74 Å². The highest BCUT2D eigenvalue weighted by molar-refractivity contribution is 6.32. The third-order valence-electron chi connectivity index (χ3n) is 6.34. The number of hydrogen-bond acceptors (Lipinski definition) is 5. The molecule has 0 radical (unpaired) electrons. The zero-order chi connectivity index (χ0) is 22.8. The fourth-order valence-corrected chi connectivity index (χ4v) is 4.62. The Kier molecular flexibility index (Phi) is 5.02. The summed E-state index contributed by atoms with van der Waals surface area (Å²) in [6.45, 7) is 7.89. The van der Waals surface area contributed by atoms with Crippen LogP contribution in [0.3, 0.4) is 0 Å². The Bertz CT molecular complexity index is 1160. The van der Waals surface area contributed by atoms with E-state index in [1.807, 2.05) is 13.8 Å². The molecule has 0 amide bonds. The molecule has 1 aliphatic carbocycles. The molecule has 1 aromatic carbocycles. The van der Waals surface area contributed by atoms with Crippen LogP contribution in [0.2, 0.25) is 5.02 Å². The minimum Gasteiger partial charge on any atom is -0.491 e. The Morgan fingerprint density at radius 2 is 2.03 bits per heavy atom. The van der Waals surface area contributed by atoms with Gasteiger partial charge >= 0.3 is 5.97 Å². The van der Waals surface area contributed by atoms with E-state index in [-0.39, 0.29) is 22.9 Å². The standard InChI is InChI=1S/C24H26ClNO6/c1-12(2)21-15-6-16(23(28)29)22(27)26(13-4-5-13)20(15)14-7-17(25)19(8-18(14)32-21)31-11-24(3)9-30-10-24/h6-8,12-13,21H,4-5,9-11H2,1-3H3,(H,28,29). The van der Waals surface area contributed by atoms with Crippen LogP contribution in [0.1, 0.15) is 61.7 Å². The summed E-state index contributed by atoms with van der Waals surface area (Å²) in [5.41, 5.74) is 1.36. The normalized spacial score (nSPS) is 20.7. The van der Waals surface area contributed by atoms with Crippen LogP contribution < -0.4 is 15.0 Å². The number of halogens is 1. The third kappa shape index (κ3) is 3.48. The Labute approximate surface area is 190 Å². The molecule has 1 saturated heterocycles. The summed E-state index contributed by atoms with van der Waals surface area (Å²) in [6, 6.07) is 5.01. The fourth-order valence-electron chi connectivity index (χ4n) is 4.40. The molecule has 2 fully saturated rings. The molecule has 7 nitrogen and oxygen atoms in total. The monoisotopic (exact) mass is 459 g/mol. The topological polar surface area (TPSA) is 87.0 Å². The lowest BCUT2D eigenvalue weighted by Gasteiger charge is -2.37. The van der Waals surface area contributed by atoms with E-state index in [4.69, 9.17) is 25.8 Å². The van der Waals surface area contributed by atoms with E-state index in [1.54, 1.807) is 16.7 Å². The minimum absolute atomic E-state index is 0.0115. The second-order valence-corrected chi connectivity index (χ2v) is 10.1. The van der Waals surface area contributed by atoms with Crippen molar-refractivity contribution in [3.05, 3.63) is 44.7 Å². The van der Waals surface area contributed by atoms with Crippen molar-refractivity contribution in [1.82, 2.24) is 4.57 Å². The molecule has 170 valence electrons. The van der Waals surface area contributed by atoms with Crippen molar-refractivity contribution >= 4 is 17.6 Å². The summed E-state index contributed by atoms with van der Waals surface area (Å²) >= 11 is 6.59. The lowest BCUT2D eigenvalue weighted by atomic mass is 9.89. The van der Waals surface area contributed by atoms with E-state index in [1.165, 1.54) is 6.07 Å². The van der Waals surface area contributed by atoms with Gasteiger partial charge in [-0.2, -0.15) is 0 Å². The first-order valence-electron chi connectivity index (χ1n) is 10.9. The molecule has 1 saturated carbocycles. The number of carboxylic acid groups (broad SMARTS) is 1. The summed E-state index contributed by atoms with van der Waals surface area (Å²) < 4.78 is 19.3. The van der Waals surface area contributed by atoms with Gasteiger partial charge in [-0.1, -0.05) is 32.4 Å². The van der Waals surface area contributed by atoms with Crippen LogP contribution in [0.4, 0.5) is 0 Å². The van der Waals surface area contributed by atoms with Gasteiger partial charge in [0.05, 0.1) is 30.5 Å². The van der Waals surface area contributed by atoms with Gasteiger partial charge in [-0.25, -0.2) is 4.79 Å². The number of ether oxygens (including phenoxy) is 3. The average Bonchev–Trinajstić information content (AvgIpc) is 3.54. The van der Waals surface area contributed by atoms with Crippen LogP contribution in [0.15, 0.2) is 23.0 Å². The van der Waals surface area contributed by atoms with E-state index < -0.39 is 17.6 Å². The van der Waals surface area contributed by atoms with Gasteiger partial charge in [-0.3, -0.25) is 4.79 Å². The van der Waals surface area contributed by atoms with Crippen LogP contribution in [0.5, 0.6) is 11.5 Å². The van der Waals surface area contributed by atoms with Crippen molar-refractivity contribution in [2.45, 2.75) is 45.8 Å². The maximum atomic E-state index is 13.1. The van der Waals surface area contributed by atoms with Crippen molar-refractivity contribution in [3.8, 4) is 22.8 Å². The molecule has 8 heteroatoms. The summed E-state index contributed by atoms with van der Waals surface area (Å²) in [4.78, 5) is 24.9. The lowest BCUT2D eigenvalue weighted by molar-refractivity contribution is -0.120. The molecule has 5 rings (SSSR count). The van der Waals surface area contributed by atoms with E-state index in [9.17, 15) is 14.7 Å². The number of carboxylic acids is 1. The molecular weight excluding hydrogens is 434 g/mol. The van der Waals surface area contributed by atoms with E-state index in [0.717, 1.165) is 12.8 Å². The maximum Gasteiger partial charge on any atom is 0.341 e. The Balaban J connectivity index is 1.66. The van der Waals surface area contributed by atoms with Gasteiger partial charge in [0.1, 0.15) is 23.2 Å². The number of rotatable bonds is 6. The fraction of sp³-hybridized carbons (Fsp3) is 0.500. The lowest BCUT2D eigenvalue weighted by Crippen LogP contribution is -2.44. The molecule has 32 heavy (non-hydrogen) atoms. The first-order valence-corrected chi connectivity index (χ1v) is 11.3. The zero-order valence-electron chi connectivity index (χ0n) is 18.3. The van der Waals surface area contributed by atoms with Crippen molar-refractivity contribution in [3.63, 3.8) is 0 Å². The van der Waals surface area contributed by atoms with Crippen molar-refractivity contribution in [2.24, 2.45) is 11.3 Å². The second kappa shape index (κ2) is 7.52. The average molecular weight is 460 g/mol. The van der Waals surface area contributed by atoms with Gasteiger partial charge in [0, 0.05) is 28.7 Å². The van der Waals surface area contributed by atoms with Gasteiger partial charge < -0.3 is 23.9 Å². The Morgan fingerprint density at radius 3 is 2.59 bits per heavy atom. The van der Waals surface area contributed by atoms with Crippen molar-refractivity contribution < 1.29 is 24.1 Å². The van der Waals surface area contributed by atoms with Crippen LogP contribution in [-0.4, -0.2) is 35.5 Å². The predicted octanol–water partition coefficient (Wildman–Crippen LogP) is 4.71. The quantitative estimate of drug-likeness (QED) is 0.673. The molecule has 1 unspecified atom stereocenters. The van der Waals surface area contributed by atoms with Gasteiger partial charge in [0.2, 0.25) is 0 Å². The second-order valence-electron chi connectivity index (χ2n) is 9.73. The number of nitrogens with zero attached hydrogens (tertiary/aromatic N) is 1.